The Balaban J connectivity index is 2.10. The number of benzene rings is 1. The van der Waals surface area contributed by atoms with E-state index in [1.54, 1.807) is 11.3 Å². The van der Waals surface area contributed by atoms with Crippen LogP contribution in [0.4, 0.5) is 5.69 Å². The fraction of sp³-hybridized carbons (Fsp3) is 0.0909. The Bertz CT molecular complexity index is 462. The Morgan fingerprint density at radius 2 is 2.00 bits per heavy atom. The second-order valence-corrected chi connectivity index (χ2v) is 5.04. The molecule has 0 saturated carbocycles. The predicted molar refractivity (Wildman–Crippen MR) is 62.2 cm³/mol. The maximum absolute atomic E-state index is 3.45. The summed E-state index contributed by atoms with van der Waals surface area (Å²) >= 11 is 3.64. The molecule has 1 N–H and O–H groups in total. The summed E-state index contributed by atoms with van der Waals surface area (Å²) in [6, 6.07) is 8.47. The minimum Gasteiger partial charge on any atom is -0.380 e. The molecule has 0 spiro atoms. The third-order valence-corrected chi connectivity index (χ3v) is 4.40. The number of hydrogen-bond donors (Lipinski definition) is 1. The van der Waals surface area contributed by atoms with E-state index in [1.807, 2.05) is 11.8 Å². The second kappa shape index (κ2) is 3.33. The molecular weight excluding hydrogens is 210 g/mol. The van der Waals surface area contributed by atoms with Crippen LogP contribution in [0.2, 0.25) is 0 Å². The van der Waals surface area contributed by atoms with Gasteiger partial charge in [-0.25, -0.2) is 0 Å². The highest BCUT2D eigenvalue weighted by Crippen LogP contribution is 2.39. The molecular formula is C11H9NS2. The molecule has 2 heterocycles. The Kier molecular flexibility index (Phi) is 2.00. The Morgan fingerprint density at radius 3 is 3.00 bits per heavy atom. The molecule has 1 aliphatic heterocycles. The summed E-state index contributed by atoms with van der Waals surface area (Å²) in [5.41, 5.74) is 2.66. The highest BCUT2D eigenvalue weighted by molar-refractivity contribution is 7.99. The summed E-state index contributed by atoms with van der Waals surface area (Å²) in [7, 11) is 0. The van der Waals surface area contributed by atoms with Gasteiger partial charge in [0.15, 0.2) is 0 Å². The SMILES string of the molecule is c1ccc2c(c1)NCc1cscc1S2. The Hall–Kier alpha value is -0.930. The molecule has 3 rings (SSSR count). The predicted octanol–water partition coefficient (Wildman–Crippen LogP) is 3.82. The zero-order valence-corrected chi connectivity index (χ0v) is 9.12. The monoisotopic (exact) mass is 219 g/mol. The van der Waals surface area contributed by atoms with Crippen molar-refractivity contribution in [3.8, 4) is 0 Å². The summed E-state index contributed by atoms with van der Waals surface area (Å²) in [5.74, 6) is 0. The molecule has 0 fully saturated rings. The second-order valence-electron chi connectivity index (χ2n) is 3.21. The first-order chi connectivity index (χ1) is 6.93. The van der Waals surface area contributed by atoms with Crippen LogP contribution in [-0.2, 0) is 6.54 Å². The van der Waals surface area contributed by atoms with Crippen molar-refractivity contribution in [3.05, 3.63) is 40.6 Å². The molecule has 3 heteroatoms. The van der Waals surface area contributed by atoms with E-state index in [4.69, 9.17) is 0 Å². The van der Waals surface area contributed by atoms with Crippen LogP contribution in [0, 0.1) is 0 Å². The zero-order valence-electron chi connectivity index (χ0n) is 7.49. The van der Waals surface area contributed by atoms with Crippen molar-refractivity contribution < 1.29 is 0 Å². The van der Waals surface area contributed by atoms with E-state index < -0.39 is 0 Å². The number of hydrogen-bond acceptors (Lipinski definition) is 3. The summed E-state index contributed by atoms with van der Waals surface area (Å²) in [4.78, 5) is 2.72. The van der Waals surface area contributed by atoms with Crippen LogP contribution in [-0.4, -0.2) is 0 Å². The van der Waals surface area contributed by atoms with E-state index in [-0.39, 0.29) is 0 Å². The van der Waals surface area contributed by atoms with Crippen LogP contribution >= 0.6 is 23.1 Å². The Morgan fingerprint density at radius 1 is 1.07 bits per heavy atom. The molecule has 1 aromatic carbocycles. The number of anilines is 1. The number of para-hydroxylation sites is 1. The first-order valence-electron chi connectivity index (χ1n) is 4.49. The average Bonchev–Trinajstić information content (AvgIpc) is 2.58. The molecule has 0 aliphatic carbocycles. The Labute approximate surface area is 91.2 Å². The van der Waals surface area contributed by atoms with Crippen LogP contribution < -0.4 is 5.32 Å². The van der Waals surface area contributed by atoms with E-state index in [9.17, 15) is 0 Å². The summed E-state index contributed by atoms with van der Waals surface area (Å²) in [5, 5.41) is 7.90. The van der Waals surface area contributed by atoms with Crippen molar-refractivity contribution in [2.24, 2.45) is 0 Å². The summed E-state index contributed by atoms with van der Waals surface area (Å²) in [6.07, 6.45) is 0. The highest BCUT2D eigenvalue weighted by Gasteiger charge is 2.12. The maximum atomic E-state index is 3.45. The molecule has 0 unspecified atom stereocenters. The minimum absolute atomic E-state index is 0.947. The number of thiophene rings is 1. The minimum atomic E-state index is 0.947. The van der Waals surface area contributed by atoms with Gasteiger partial charge in [0, 0.05) is 27.4 Å². The lowest BCUT2D eigenvalue weighted by atomic mass is 10.3. The van der Waals surface area contributed by atoms with Crippen LogP contribution in [0.3, 0.4) is 0 Å². The summed E-state index contributed by atoms with van der Waals surface area (Å²) < 4.78 is 0. The van der Waals surface area contributed by atoms with Gasteiger partial charge in [-0.15, -0.1) is 0 Å². The van der Waals surface area contributed by atoms with Crippen molar-refractivity contribution in [2.75, 3.05) is 5.32 Å². The number of rotatable bonds is 0. The highest BCUT2D eigenvalue weighted by atomic mass is 32.2. The first-order valence-corrected chi connectivity index (χ1v) is 6.25. The van der Waals surface area contributed by atoms with Gasteiger partial charge >= 0.3 is 0 Å². The van der Waals surface area contributed by atoms with Crippen molar-refractivity contribution >= 4 is 28.8 Å². The van der Waals surface area contributed by atoms with E-state index >= 15 is 0 Å². The van der Waals surface area contributed by atoms with Gasteiger partial charge in [-0.1, -0.05) is 23.9 Å². The van der Waals surface area contributed by atoms with E-state index in [0.29, 0.717) is 0 Å². The molecule has 2 aromatic rings. The fourth-order valence-corrected chi connectivity index (χ4v) is 3.59. The largest absolute Gasteiger partial charge is 0.380 e. The first kappa shape index (κ1) is 8.38. The topological polar surface area (TPSA) is 12.0 Å². The lowest BCUT2D eigenvalue weighted by Gasteiger charge is -2.04. The quantitative estimate of drug-likeness (QED) is 0.722. The third-order valence-electron chi connectivity index (χ3n) is 2.28. The molecule has 0 bridgehead atoms. The van der Waals surface area contributed by atoms with Crippen LogP contribution in [0.1, 0.15) is 5.56 Å². The number of nitrogens with one attached hydrogen (secondary N) is 1. The standard InChI is InChI=1S/C11H9NS2/c1-2-4-10-9(3-1)12-5-8-6-13-7-11(8)14-10/h1-4,6-7,12H,5H2. The van der Waals surface area contributed by atoms with E-state index in [2.05, 4.69) is 40.3 Å². The van der Waals surface area contributed by atoms with Gasteiger partial charge in [0.25, 0.3) is 0 Å². The van der Waals surface area contributed by atoms with Crippen molar-refractivity contribution in [1.29, 1.82) is 0 Å². The van der Waals surface area contributed by atoms with Gasteiger partial charge in [0.05, 0.1) is 0 Å². The van der Waals surface area contributed by atoms with E-state index in [1.165, 1.54) is 21.0 Å². The van der Waals surface area contributed by atoms with Crippen LogP contribution in [0.15, 0.2) is 44.8 Å². The summed E-state index contributed by atoms with van der Waals surface area (Å²) in [6.45, 7) is 0.947. The van der Waals surface area contributed by atoms with Crippen LogP contribution in [0.25, 0.3) is 0 Å². The van der Waals surface area contributed by atoms with E-state index in [0.717, 1.165) is 6.54 Å². The smallest absolute Gasteiger partial charge is 0.0484 e. The third kappa shape index (κ3) is 1.33. The normalized spacial score (nSPS) is 13.7. The lowest BCUT2D eigenvalue weighted by molar-refractivity contribution is 1.12. The van der Waals surface area contributed by atoms with Crippen molar-refractivity contribution in [2.45, 2.75) is 16.3 Å². The molecule has 70 valence electrons. The molecule has 14 heavy (non-hydrogen) atoms. The van der Waals surface area contributed by atoms with Crippen molar-refractivity contribution in [1.82, 2.24) is 0 Å². The maximum Gasteiger partial charge on any atom is 0.0484 e. The van der Waals surface area contributed by atoms with Gasteiger partial charge in [-0.2, -0.15) is 11.3 Å². The zero-order chi connectivity index (χ0) is 9.38. The fourth-order valence-electron chi connectivity index (χ4n) is 1.54. The van der Waals surface area contributed by atoms with Crippen molar-refractivity contribution in [3.63, 3.8) is 0 Å². The van der Waals surface area contributed by atoms with Gasteiger partial charge in [0.2, 0.25) is 0 Å². The lowest BCUT2D eigenvalue weighted by Crippen LogP contribution is -1.96. The molecule has 0 saturated heterocycles. The molecule has 1 aliphatic rings. The molecule has 0 amide bonds. The van der Waals surface area contributed by atoms with Gasteiger partial charge < -0.3 is 5.32 Å². The molecule has 0 atom stereocenters. The molecule has 1 aromatic heterocycles. The number of fused-ring (bicyclic) bond motifs is 2. The molecule has 1 nitrogen and oxygen atoms in total. The molecule has 0 radical (unpaired) electrons. The van der Waals surface area contributed by atoms with Gasteiger partial charge in [-0.05, 0) is 23.1 Å². The van der Waals surface area contributed by atoms with Gasteiger partial charge in [0.1, 0.15) is 0 Å². The van der Waals surface area contributed by atoms with Gasteiger partial charge in [-0.3, -0.25) is 0 Å². The van der Waals surface area contributed by atoms with Crippen LogP contribution in [0.5, 0.6) is 0 Å². The average molecular weight is 219 g/mol.